The minimum Gasteiger partial charge on any atom is -0.222 e. The van der Waals surface area contributed by atoms with Gasteiger partial charge in [0, 0.05) is 0 Å². The molecule has 1 aromatic rings. The summed E-state index contributed by atoms with van der Waals surface area (Å²) in [6.07, 6.45) is 2.64. The standard InChI is InChI=1S/C8H10.2CHNO/c1-2-8-6-4-3-5-7-8;2*2-1-3/h3-7H,2H2,1H3;2*2H. The van der Waals surface area contributed by atoms with Gasteiger partial charge in [0.2, 0.25) is 12.2 Å². The van der Waals surface area contributed by atoms with Gasteiger partial charge in [0.15, 0.2) is 0 Å². The summed E-state index contributed by atoms with van der Waals surface area (Å²) < 4.78 is 0. The van der Waals surface area contributed by atoms with E-state index in [1.165, 1.54) is 5.56 Å². The second kappa shape index (κ2) is 13.6. The maximum Gasteiger partial charge on any atom is 0.231 e. The van der Waals surface area contributed by atoms with Crippen LogP contribution in [0.5, 0.6) is 0 Å². The van der Waals surface area contributed by atoms with Gasteiger partial charge in [-0.15, -0.1) is 0 Å². The average molecular weight is 192 g/mol. The molecule has 0 saturated heterocycles. The summed E-state index contributed by atoms with van der Waals surface area (Å²) >= 11 is 0. The molecule has 0 aliphatic carbocycles. The van der Waals surface area contributed by atoms with Crippen LogP contribution in [0.15, 0.2) is 30.3 Å². The Bertz CT molecular complexity index is 272. The van der Waals surface area contributed by atoms with E-state index in [0.29, 0.717) is 0 Å². The van der Waals surface area contributed by atoms with Crippen molar-refractivity contribution in [2.24, 2.45) is 0 Å². The van der Waals surface area contributed by atoms with Gasteiger partial charge in [0.1, 0.15) is 0 Å². The molecule has 0 radical (unpaired) electrons. The summed E-state index contributed by atoms with van der Waals surface area (Å²) in [5.74, 6) is 0. The Labute approximate surface area is 82.6 Å². The molecule has 0 fully saturated rings. The number of hydrogen-bond acceptors (Lipinski definition) is 4. The monoisotopic (exact) mass is 192 g/mol. The van der Waals surface area contributed by atoms with Crippen LogP contribution in [0.25, 0.3) is 0 Å². The lowest BCUT2D eigenvalue weighted by Crippen LogP contribution is -1.73. The molecule has 0 aliphatic heterocycles. The van der Waals surface area contributed by atoms with Crippen LogP contribution in [0.2, 0.25) is 0 Å². The Kier molecular flexibility index (Phi) is 14.0. The van der Waals surface area contributed by atoms with Crippen LogP contribution < -0.4 is 0 Å². The zero-order chi connectivity index (χ0) is 11.2. The lowest BCUT2D eigenvalue weighted by atomic mass is 10.2. The molecule has 0 saturated carbocycles. The molecule has 14 heavy (non-hydrogen) atoms. The molecule has 0 heterocycles. The third kappa shape index (κ3) is 12.6. The number of carbonyl (C=O) groups excluding carboxylic acids is 2. The van der Waals surface area contributed by atoms with Crippen molar-refractivity contribution in [1.29, 1.82) is 10.8 Å². The van der Waals surface area contributed by atoms with Gasteiger partial charge in [0.05, 0.1) is 0 Å². The van der Waals surface area contributed by atoms with Crippen molar-refractivity contribution in [2.45, 2.75) is 13.3 Å². The molecular formula is C10H12N2O2. The van der Waals surface area contributed by atoms with E-state index in [4.69, 9.17) is 20.4 Å². The average Bonchev–Trinajstić information content (AvgIpc) is 2.21. The van der Waals surface area contributed by atoms with Crippen molar-refractivity contribution >= 4 is 12.2 Å². The number of hydrogen-bond donors (Lipinski definition) is 2. The summed E-state index contributed by atoms with van der Waals surface area (Å²) in [5.41, 5.74) is 1.41. The largest absolute Gasteiger partial charge is 0.231 e. The van der Waals surface area contributed by atoms with Crippen LogP contribution in [-0.2, 0) is 16.0 Å². The quantitative estimate of drug-likeness (QED) is 0.527. The van der Waals surface area contributed by atoms with E-state index >= 15 is 0 Å². The Morgan fingerprint density at radius 3 is 1.64 bits per heavy atom. The van der Waals surface area contributed by atoms with E-state index in [9.17, 15) is 0 Å². The fourth-order valence-electron chi connectivity index (χ4n) is 0.714. The van der Waals surface area contributed by atoms with Crippen molar-refractivity contribution in [2.75, 3.05) is 0 Å². The SMILES string of the molecule is CCc1ccccc1.N=C=O.N=C=O. The lowest BCUT2D eigenvalue weighted by Gasteiger charge is -1.89. The van der Waals surface area contributed by atoms with Crippen LogP contribution in [0, 0.1) is 10.8 Å². The highest BCUT2D eigenvalue weighted by Crippen LogP contribution is 1.96. The third-order valence-electron chi connectivity index (χ3n) is 1.25. The van der Waals surface area contributed by atoms with Crippen LogP contribution in [0.3, 0.4) is 0 Å². The molecule has 2 N–H and O–H groups in total. The second-order valence-electron chi connectivity index (χ2n) is 2.04. The first-order chi connectivity index (χ1) is 6.76. The summed E-state index contributed by atoms with van der Waals surface area (Å²) in [5, 5.41) is 10.8. The van der Waals surface area contributed by atoms with E-state index in [0.717, 1.165) is 18.6 Å². The Hall–Kier alpha value is -2.02. The first kappa shape index (κ1) is 14.5. The molecule has 0 aromatic heterocycles. The van der Waals surface area contributed by atoms with Gasteiger partial charge in [-0.2, -0.15) is 0 Å². The van der Waals surface area contributed by atoms with E-state index in [-0.39, 0.29) is 0 Å². The molecule has 4 nitrogen and oxygen atoms in total. The van der Waals surface area contributed by atoms with Crippen molar-refractivity contribution in [3.8, 4) is 0 Å². The van der Waals surface area contributed by atoms with Gasteiger partial charge >= 0.3 is 0 Å². The fourth-order valence-corrected chi connectivity index (χ4v) is 0.714. The Morgan fingerprint density at radius 2 is 1.43 bits per heavy atom. The second-order valence-corrected chi connectivity index (χ2v) is 2.04. The van der Waals surface area contributed by atoms with Gasteiger partial charge < -0.3 is 0 Å². The Balaban J connectivity index is 0. The van der Waals surface area contributed by atoms with Gasteiger partial charge in [-0.25, -0.2) is 20.4 Å². The summed E-state index contributed by atoms with van der Waals surface area (Å²) in [6.45, 7) is 2.16. The predicted octanol–water partition coefficient (Wildman–Crippen LogP) is 2.05. The number of nitrogens with one attached hydrogen (secondary N) is 2. The zero-order valence-electron chi connectivity index (χ0n) is 7.91. The van der Waals surface area contributed by atoms with Gasteiger partial charge in [-0.1, -0.05) is 37.3 Å². The molecule has 1 aromatic carbocycles. The molecule has 0 atom stereocenters. The zero-order valence-corrected chi connectivity index (χ0v) is 7.91. The minimum atomic E-state index is 0.750. The van der Waals surface area contributed by atoms with E-state index < -0.39 is 0 Å². The third-order valence-corrected chi connectivity index (χ3v) is 1.25. The van der Waals surface area contributed by atoms with E-state index in [1.54, 1.807) is 0 Å². The van der Waals surface area contributed by atoms with Crippen molar-refractivity contribution in [3.05, 3.63) is 35.9 Å². The van der Waals surface area contributed by atoms with Crippen LogP contribution in [-0.4, -0.2) is 12.2 Å². The molecule has 0 spiro atoms. The summed E-state index contributed by atoms with van der Waals surface area (Å²) in [4.78, 5) is 16.7. The highest BCUT2D eigenvalue weighted by atomic mass is 16.1. The first-order valence-corrected chi connectivity index (χ1v) is 3.88. The number of benzene rings is 1. The predicted molar refractivity (Wildman–Crippen MR) is 52.6 cm³/mol. The van der Waals surface area contributed by atoms with Crippen molar-refractivity contribution in [1.82, 2.24) is 0 Å². The van der Waals surface area contributed by atoms with E-state index in [2.05, 4.69) is 31.2 Å². The fraction of sp³-hybridized carbons (Fsp3) is 0.200. The summed E-state index contributed by atoms with van der Waals surface area (Å²) in [7, 11) is 0. The normalized spacial score (nSPS) is 6.36. The molecule has 4 heteroatoms. The molecule has 0 bridgehead atoms. The van der Waals surface area contributed by atoms with Gasteiger partial charge in [-0.05, 0) is 12.0 Å². The topological polar surface area (TPSA) is 81.8 Å². The van der Waals surface area contributed by atoms with Crippen LogP contribution in [0.4, 0.5) is 0 Å². The molecule has 0 amide bonds. The maximum absolute atomic E-state index is 8.35. The van der Waals surface area contributed by atoms with E-state index in [1.807, 2.05) is 6.07 Å². The number of rotatable bonds is 1. The van der Waals surface area contributed by atoms with Crippen LogP contribution >= 0.6 is 0 Å². The minimum absolute atomic E-state index is 0.750. The molecule has 1 rings (SSSR count). The van der Waals surface area contributed by atoms with Crippen molar-refractivity contribution in [3.63, 3.8) is 0 Å². The van der Waals surface area contributed by atoms with Crippen LogP contribution in [0.1, 0.15) is 12.5 Å². The summed E-state index contributed by atoms with van der Waals surface area (Å²) in [6, 6.07) is 10.5. The smallest absolute Gasteiger partial charge is 0.222 e. The van der Waals surface area contributed by atoms with Gasteiger partial charge in [0.25, 0.3) is 0 Å². The molecular weight excluding hydrogens is 180 g/mol. The highest BCUT2D eigenvalue weighted by molar-refractivity contribution is 5.26. The maximum atomic E-state index is 8.35. The highest BCUT2D eigenvalue weighted by Gasteiger charge is 1.79. The lowest BCUT2D eigenvalue weighted by molar-refractivity contribution is 0.562. The van der Waals surface area contributed by atoms with Gasteiger partial charge in [-0.3, -0.25) is 0 Å². The molecule has 0 unspecified atom stereocenters. The molecule has 74 valence electrons. The van der Waals surface area contributed by atoms with Crippen molar-refractivity contribution < 1.29 is 9.59 Å². The molecule has 0 aliphatic rings. The number of isocyanates is 2. The first-order valence-electron chi connectivity index (χ1n) is 3.88. The number of aryl methyl sites for hydroxylation is 1. The Morgan fingerprint density at radius 1 is 1.07 bits per heavy atom.